The number of fused-ring (bicyclic) bond motifs is 1. The van der Waals surface area contributed by atoms with Gasteiger partial charge in [-0.15, -0.1) is 0 Å². The summed E-state index contributed by atoms with van der Waals surface area (Å²) in [5, 5.41) is 2.68. The molecule has 21 heavy (non-hydrogen) atoms. The molecule has 0 spiro atoms. The number of anilines is 1. The molecule has 0 aliphatic carbocycles. The Morgan fingerprint density at radius 2 is 1.67 bits per heavy atom. The van der Waals surface area contributed by atoms with Crippen LogP contribution in [-0.4, -0.2) is 6.54 Å². The minimum atomic E-state index is 0.182. The second kappa shape index (κ2) is 5.55. The third-order valence-electron chi connectivity index (χ3n) is 4.29. The number of rotatable bonds is 1. The Hall–Kier alpha value is -1.76. The summed E-state index contributed by atoms with van der Waals surface area (Å²) in [5.41, 5.74) is 3.01. The maximum atomic E-state index is 2.55. The maximum absolute atomic E-state index is 2.55. The molecule has 0 unspecified atom stereocenters. The fraction of sp³-hybridized carbons (Fsp3) is 0.400. The Labute approximate surface area is 128 Å². The van der Waals surface area contributed by atoms with E-state index in [-0.39, 0.29) is 5.41 Å². The van der Waals surface area contributed by atoms with Gasteiger partial charge in [-0.25, -0.2) is 0 Å². The number of benzene rings is 2. The summed E-state index contributed by atoms with van der Waals surface area (Å²) in [7, 11) is 0. The predicted octanol–water partition coefficient (Wildman–Crippen LogP) is 5.76. The first-order chi connectivity index (χ1) is 10.1. The fourth-order valence-electron chi connectivity index (χ4n) is 3.29. The Morgan fingerprint density at radius 3 is 2.48 bits per heavy atom. The molecule has 0 fully saturated rings. The standard InChI is InChI=1S/C20H25N/c1-20(2,3)19-14-5-4-8-15-21(19)18-13-9-11-16-10-6-7-12-17(16)18/h6-7,9-14H,4-5,8,15H2,1-3H3. The lowest BCUT2D eigenvalue weighted by molar-refractivity contribution is 0.483. The molecule has 0 atom stereocenters. The number of nitrogens with zero attached hydrogens (tertiary/aromatic N) is 1. The molecular formula is C20H25N. The van der Waals surface area contributed by atoms with E-state index >= 15 is 0 Å². The number of hydrogen-bond donors (Lipinski definition) is 0. The molecule has 110 valence electrons. The van der Waals surface area contributed by atoms with Crippen LogP contribution in [-0.2, 0) is 0 Å². The quantitative estimate of drug-likeness (QED) is 0.641. The van der Waals surface area contributed by atoms with E-state index in [1.807, 2.05) is 0 Å². The molecule has 1 heteroatoms. The zero-order valence-electron chi connectivity index (χ0n) is 13.4. The largest absolute Gasteiger partial charge is 0.344 e. The molecule has 1 aliphatic rings. The molecule has 0 saturated heterocycles. The Balaban J connectivity index is 2.15. The summed E-state index contributed by atoms with van der Waals surface area (Å²) in [6, 6.07) is 15.4. The van der Waals surface area contributed by atoms with Crippen molar-refractivity contribution in [2.45, 2.75) is 40.0 Å². The highest BCUT2D eigenvalue weighted by molar-refractivity contribution is 5.95. The van der Waals surface area contributed by atoms with Crippen LogP contribution in [0.3, 0.4) is 0 Å². The summed E-state index contributed by atoms with van der Waals surface area (Å²) < 4.78 is 0. The summed E-state index contributed by atoms with van der Waals surface area (Å²) in [4.78, 5) is 2.55. The van der Waals surface area contributed by atoms with Crippen LogP contribution in [0.1, 0.15) is 40.0 Å². The van der Waals surface area contributed by atoms with Crippen molar-refractivity contribution in [3.05, 3.63) is 54.2 Å². The second-order valence-corrected chi connectivity index (χ2v) is 6.99. The van der Waals surface area contributed by atoms with Gasteiger partial charge in [-0.2, -0.15) is 0 Å². The molecule has 1 heterocycles. The van der Waals surface area contributed by atoms with Crippen LogP contribution in [0.25, 0.3) is 10.8 Å². The van der Waals surface area contributed by atoms with Crippen LogP contribution in [0.15, 0.2) is 54.2 Å². The third kappa shape index (κ3) is 2.83. The predicted molar refractivity (Wildman–Crippen MR) is 92.7 cm³/mol. The molecule has 1 nitrogen and oxygen atoms in total. The molecule has 0 saturated carbocycles. The highest BCUT2D eigenvalue weighted by Gasteiger charge is 2.25. The minimum absolute atomic E-state index is 0.182. The van der Waals surface area contributed by atoms with Gasteiger partial charge in [0, 0.05) is 28.7 Å². The highest BCUT2D eigenvalue weighted by atomic mass is 15.2. The lowest BCUT2D eigenvalue weighted by Crippen LogP contribution is -2.30. The van der Waals surface area contributed by atoms with Crippen LogP contribution in [0.2, 0.25) is 0 Å². The molecule has 0 N–H and O–H groups in total. The van der Waals surface area contributed by atoms with Gasteiger partial charge in [0.15, 0.2) is 0 Å². The Morgan fingerprint density at radius 1 is 0.905 bits per heavy atom. The van der Waals surface area contributed by atoms with Gasteiger partial charge in [0.25, 0.3) is 0 Å². The summed E-state index contributed by atoms with van der Waals surface area (Å²) >= 11 is 0. The molecule has 0 aromatic heterocycles. The smallest absolute Gasteiger partial charge is 0.0487 e. The van der Waals surface area contributed by atoms with E-state index in [1.54, 1.807) is 0 Å². The molecule has 1 aliphatic heterocycles. The fourth-order valence-corrected chi connectivity index (χ4v) is 3.29. The normalized spacial score (nSPS) is 16.7. The van der Waals surface area contributed by atoms with Crippen molar-refractivity contribution in [3.63, 3.8) is 0 Å². The molecule has 2 aromatic carbocycles. The molecule has 0 radical (unpaired) electrons. The van der Waals surface area contributed by atoms with Crippen LogP contribution in [0, 0.1) is 5.41 Å². The maximum Gasteiger partial charge on any atom is 0.0487 e. The van der Waals surface area contributed by atoms with Crippen molar-refractivity contribution >= 4 is 16.5 Å². The van der Waals surface area contributed by atoms with Gasteiger partial charge >= 0.3 is 0 Å². The Bertz CT molecular complexity index is 656. The van der Waals surface area contributed by atoms with Crippen molar-refractivity contribution in [3.8, 4) is 0 Å². The van der Waals surface area contributed by atoms with Gasteiger partial charge in [0.1, 0.15) is 0 Å². The molecule has 2 aromatic rings. The van der Waals surface area contributed by atoms with Gasteiger partial charge in [-0.1, -0.05) is 63.2 Å². The summed E-state index contributed by atoms with van der Waals surface area (Å²) in [5.74, 6) is 0. The topological polar surface area (TPSA) is 3.24 Å². The highest BCUT2D eigenvalue weighted by Crippen LogP contribution is 2.37. The number of allylic oxidation sites excluding steroid dienone is 2. The lowest BCUT2D eigenvalue weighted by Gasteiger charge is -2.35. The minimum Gasteiger partial charge on any atom is -0.344 e. The van der Waals surface area contributed by atoms with E-state index in [9.17, 15) is 0 Å². The van der Waals surface area contributed by atoms with Crippen molar-refractivity contribution in [1.29, 1.82) is 0 Å². The Kier molecular flexibility index (Phi) is 3.75. The first-order valence-electron chi connectivity index (χ1n) is 8.03. The number of hydrogen-bond acceptors (Lipinski definition) is 1. The van der Waals surface area contributed by atoms with Crippen LogP contribution in [0.4, 0.5) is 5.69 Å². The average molecular weight is 279 g/mol. The first-order valence-corrected chi connectivity index (χ1v) is 8.03. The third-order valence-corrected chi connectivity index (χ3v) is 4.29. The molecule has 3 rings (SSSR count). The van der Waals surface area contributed by atoms with Crippen molar-refractivity contribution in [1.82, 2.24) is 0 Å². The van der Waals surface area contributed by atoms with Gasteiger partial charge in [0.2, 0.25) is 0 Å². The van der Waals surface area contributed by atoms with E-state index in [0.717, 1.165) is 6.54 Å². The van der Waals surface area contributed by atoms with E-state index in [1.165, 1.54) is 41.4 Å². The average Bonchev–Trinajstić information content (AvgIpc) is 2.72. The monoisotopic (exact) mass is 279 g/mol. The van der Waals surface area contributed by atoms with Crippen molar-refractivity contribution < 1.29 is 0 Å². The molecule has 0 amide bonds. The lowest BCUT2D eigenvalue weighted by atomic mass is 9.89. The van der Waals surface area contributed by atoms with Gasteiger partial charge in [-0.05, 0) is 30.7 Å². The van der Waals surface area contributed by atoms with Gasteiger partial charge in [0.05, 0.1) is 0 Å². The van der Waals surface area contributed by atoms with E-state index in [4.69, 9.17) is 0 Å². The zero-order valence-corrected chi connectivity index (χ0v) is 13.4. The van der Waals surface area contributed by atoms with E-state index < -0.39 is 0 Å². The van der Waals surface area contributed by atoms with Crippen LogP contribution >= 0.6 is 0 Å². The molecule has 0 bridgehead atoms. The van der Waals surface area contributed by atoms with E-state index in [2.05, 4.69) is 74.2 Å². The summed E-state index contributed by atoms with van der Waals surface area (Å²) in [6.45, 7) is 8.09. The van der Waals surface area contributed by atoms with Gasteiger partial charge in [-0.3, -0.25) is 0 Å². The second-order valence-electron chi connectivity index (χ2n) is 6.99. The zero-order chi connectivity index (χ0) is 14.9. The summed E-state index contributed by atoms with van der Waals surface area (Å²) in [6.07, 6.45) is 6.21. The van der Waals surface area contributed by atoms with Crippen molar-refractivity contribution in [2.24, 2.45) is 5.41 Å². The van der Waals surface area contributed by atoms with Crippen molar-refractivity contribution in [2.75, 3.05) is 11.4 Å². The van der Waals surface area contributed by atoms with Crippen LogP contribution < -0.4 is 4.90 Å². The van der Waals surface area contributed by atoms with E-state index in [0.29, 0.717) is 0 Å². The SMILES string of the molecule is CC(C)(C)C1=CCCCCN1c1cccc2ccccc12. The van der Waals surface area contributed by atoms with Gasteiger partial charge < -0.3 is 4.90 Å². The first kappa shape index (κ1) is 14.2. The molecular weight excluding hydrogens is 254 g/mol. The van der Waals surface area contributed by atoms with Crippen LogP contribution in [0.5, 0.6) is 0 Å².